The van der Waals surface area contributed by atoms with Crippen LogP contribution in [0.15, 0.2) is 0 Å². The van der Waals surface area contributed by atoms with Crippen LogP contribution in [-0.4, -0.2) is 59.9 Å². The zero-order chi connectivity index (χ0) is 39.3. The minimum atomic E-state index is -4.70. The maximum Gasteiger partial charge on any atom is 0.472 e. The molecular formula is C41H80NO10P. The Bertz CT molecular complexity index is 921. The molecule has 314 valence electrons. The summed E-state index contributed by atoms with van der Waals surface area (Å²) in [6, 6.07) is -1.52. The van der Waals surface area contributed by atoms with E-state index in [2.05, 4.69) is 18.4 Å². The highest BCUT2D eigenvalue weighted by molar-refractivity contribution is 7.47. The van der Waals surface area contributed by atoms with Gasteiger partial charge in [0.2, 0.25) is 0 Å². The number of carbonyl (C=O) groups excluding carboxylic acids is 2. The highest BCUT2D eigenvalue weighted by Gasteiger charge is 2.28. The van der Waals surface area contributed by atoms with Crippen molar-refractivity contribution in [1.82, 2.24) is 0 Å². The lowest BCUT2D eigenvalue weighted by Crippen LogP contribution is -2.34. The van der Waals surface area contributed by atoms with Crippen molar-refractivity contribution < 1.29 is 47.5 Å². The highest BCUT2D eigenvalue weighted by Crippen LogP contribution is 2.43. The molecular weight excluding hydrogens is 697 g/mol. The largest absolute Gasteiger partial charge is 0.480 e. The van der Waals surface area contributed by atoms with Gasteiger partial charge in [0.25, 0.3) is 0 Å². The number of hydrogen-bond donors (Lipinski definition) is 3. The van der Waals surface area contributed by atoms with Crippen LogP contribution in [0.25, 0.3) is 0 Å². The number of phosphoric acid groups is 1. The molecule has 4 N–H and O–H groups in total. The first-order chi connectivity index (χ1) is 25.6. The number of rotatable bonds is 41. The number of hydrogen-bond acceptors (Lipinski definition) is 9. The van der Waals surface area contributed by atoms with E-state index in [0.29, 0.717) is 12.8 Å². The molecule has 0 radical (unpaired) electrons. The molecule has 0 heterocycles. The lowest BCUT2D eigenvalue weighted by Gasteiger charge is -2.20. The fourth-order valence-electron chi connectivity index (χ4n) is 6.18. The van der Waals surface area contributed by atoms with Crippen LogP contribution in [0.1, 0.15) is 213 Å². The lowest BCUT2D eigenvalue weighted by molar-refractivity contribution is -0.161. The summed E-state index contributed by atoms with van der Waals surface area (Å²) in [5.41, 5.74) is 5.33. The fourth-order valence-corrected chi connectivity index (χ4v) is 6.96. The molecule has 0 fully saturated rings. The van der Waals surface area contributed by atoms with E-state index < -0.39 is 51.1 Å². The molecule has 0 rings (SSSR count). The topological polar surface area (TPSA) is 172 Å². The molecule has 0 aromatic carbocycles. The zero-order valence-corrected chi connectivity index (χ0v) is 34.8. The van der Waals surface area contributed by atoms with Gasteiger partial charge in [-0.2, -0.15) is 0 Å². The summed E-state index contributed by atoms with van der Waals surface area (Å²) >= 11 is 0. The van der Waals surface area contributed by atoms with Gasteiger partial charge >= 0.3 is 25.7 Å². The van der Waals surface area contributed by atoms with E-state index in [-0.39, 0.29) is 19.4 Å². The standard InChI is InChI=1S/C41H80NO10P/c1-3-5-7-9-11-13-15-17-19-21-22-24-26-28-30-32-39(43)49-34-37(35-50-53(47,48)51-36-38(42)41(45)46)52-40(44)33-31-29-27-25-23-20-18-16-14-12-10-8-6-4-2/h37-38H,3-36,42H2,1-2H3,(H,45,46)(H,47,48)/t37-,38+/m1/s1. The number of unbranched alkanes of at least 4 members (excludes halogenated alkanes) is 27. The summed E-state index contributed by atoms with van der Waals surface area (Å²) in [6.45, 7) is 2.83. The van der Waals surface area contributed by atoms with E-state index in [4.69, 9.17) is 24.8 Å². The highest BCUT2D eigenvalue weighted by atomic mass is 31.2. The van der Waals surface area contributed by atoms with Crippen molar-refractivity contribution in [3.63, 3.8) is 0 Å². The Hall–Kier alpha value is -1.52. The number of nitrogens with two attached hydrogens (primary N) is 1. The normalized spacial score (nSPS) is 13.7. The Morgan fingerprint density at radius 2 is 0.830 bits per heavy atom. The average molecular weight is 778 g/mol. The molecule has 0 bridgehead atoms. The van der Waals surface area contributed by atoms with E-state index >= 15 is 0 Å². The molecule has 0 saturated heterocycles. The van der Waals surface area contributed by atoms with Crippen LogP contribution in [0.4, 0.5) is 0 Å². The molecule has 0 saturated carbocycles. The molecule has 0 aromatic rings. The average Bonchev–Trinajstić information content (AvgIpc) is 3.13. The van der Waals surface area contributed by atoms with Crippen LogP contribution in [0.2, 0.25) is 0 Å². The molecule has 0 aliphatic rings. The fraction of sp³-hybridized carbons (Fsp3) is 0.927. The quantitative estimate of drug-likeness (QED) is 0.0306. The summed E-state index contributed by atoms with van der Waals surface area (Å²) in [5, 5.41) is 8.88. The maximum atomic E-state index is 12.6. The molecule has 1 unspecified atom stereocenters. The van der Waals surface area contributed by atoms with E-state index in [1.165, 1.54) is 135 Å². The summed E-state index contributed by atoms with van der Waals surface area (Å²) in [7, 11) is -4.70. The molecule has 3 atom stereocenters. The monoisotopic (exact) mass is 778 g/mol. The number of carboxylic acid groups (broad SMARTS) is 1. The Morgan fingerprint density at radius 3 is 1.19 bits per heavy atom. The van der Waals surface area contributed by atoms with Gasteiger partial charge in [-0.1, -0.05) is 187 Å². The maximum absolute atomic E-state index is 12.6. The van der Waals surface area contributed by atoms with Crippen LogP contribution >= 0.6 is 7.82 Å². The Kier molecular flexibility index (Phi) is 36.3. The van der Waals surface area contributed by atoms with Crippen molar-refractivity contribution >= 4 is 25.7 Å². The number of carboxylic acids is 1. The first kappa shape index (κ1) is 51.5. The third-order valence-corrected chi connectivity index (χ3v) is 10.6. The zero-order valence-electron chi connectivity index (χ0n) is 33.9. The van der Waals surface area contributed by atoms with Crippen molar-refractivity contribution in [2.45, 2.75) is 225 Å². The second-order valence-electron chi connectivity index (χ2n) is 14.8. The third-order valence-electron chi connectivity index (χ3n) is 9.61. The van der Waals surface area contributed by atoms with Crippen LogP contribution in [0, 0.1) is 0 Å². The van der Waals surface area contributed by atoms with E-state index in [0.717, 1.165) is 38.5 Å². The van der Waals surface area contributed by atoms with Crippen molar-refractivity contribution in [3.8, 4) is 0 Å². The number of aliphatic carboxylic acids is 1. The van der Waals surface area contributed by atoms with Crippen LogP contribution in [0.3, 0.4) is 0 Å². The van der Waals surface area contributed by atoms with E-state index in [1.54, 1.807) is 0 Å². The predicted molar refractivity (Wildman–Crippen MR) is 213 cm³/mol. The van der Waals surface area contributed by atoms with Crippen molar-refractivity contribution in [2.24, 2.45) is 5.73 Å². The van der Waals surface area contributed by atoms with Gasteiger partial charge in [0.1, 0.15) is 12.6 Å². The molecule has 12 heteroatoms. The molecule has 53 heavy (non-hydrogen) atoms. The van der Waals surface area contributed by atoms with Crippen molar-refractivity contribution in [1.29, 1.82) is 0 Å². The molecule has 0 amide bonds. The Balaban J connectivity index is 4.33. The summed E-state index contributed by atoms with van der Waals surface area (Å²) < 4.78 is 32.7. The SMILES string of the molecule is CCCCCCCCCCCCCCCCCC(=O)OC[C@H](COP(=O)(O)OC[C@H](N)C(=O)O)OC(=O)CCCCCCCCCCCCCCCC. The van der Waals surface area contributed by atoms with E-state index in [9.17, 15) is 23.8 Å². The van der Waals surface area contributed by atoms with Gasteiger partial charge in [-0.15, -0.1) is 0 Å². The summed E-state index contributed by atoms with van der Waals surface area (Å²) in [5.74, 6) is -2.36. The number of carbonyl (C=O) groups is 3. The van der Waals surface area contributed by atoms with Crippen LogP contribution in [-0.2, 0) is 37.5 Å². The van der Waals surface area contributed by atoms with Gasteiger partial charge in [0.05, 0.1) is 13.2 Å². The van der Waals surface area contributed by atoms with Crippen molar-refractivity contribution in [2.75, 3.05) is 19.8 Å². The molecule has 0 spiro atoms. The van der Waals surface area contributed by atoms with E-state index in [1.807, 2.05) is 0 Å². The van der Waals surface area contributed by atoms with Gasteiger partial charge in [-0.05, 0) is 12.8 Å². The van der Waals surface area contributed by atoms with Gasteiger partial charge < -0.3 is 25.2 Å². The first-order valence-corrected chi connectivity index (χ1v) is 23.1. The van der Waals surface area contributed by atoms with Crippen LogP contribution < -0.4 is 5.73 Å². The minimum Gasteiger partial charge on any atom is -0.480 e. The minimum absolute atomic E-state index is 0.169. The molecule has 11 nitrogen and oxygen atoms in total. The molecule has 0 aromatic heterocycles. The Labute approximate surface area is 323 Å². The van der Waals surface area contributed by atoms with Gasteiger partial charge in [-0.25, -0.2) is 4.57 Å². The smallest absolute Gasteiger partial charge is 0.472 e. The Morgan fingerprint density at radius 1 is 0.509 bits per heavy atom. The molecule has 0 aliphatic carbocycles. The summed E-state index contributed by atoms with van der Waals surface area (Å²) in [4.78, 5) is 45.9. The summed E-state index contributed by atoms with van der Waals surface area (Å²) in [6.07, 6.45) is 34.5. The van der Waals surface area contributed by atoms with Gasteiger partial charge in [-0.3, -0.25) is 23.4 Å². The van der Waals surface area contributed by atoms with Crippen LogP contribution in [0.5, 0.6) is 0 Å². The van der Waals surface area contributed by atoms with Gasteiger partial charge in [0.15, 0.2) is 6.10 Å². The molecule has 0 aliphatic heterocycles. The first-order valence-electron chi connectivity index (χ1n) is 21.6. The third kappa shape index (κ3) is 37.2. The number of ether oxygens (including phenoxy) is 2. The second-order valence-corrected chi connectivity index (χ2v) is 16.3. The predicted octanol–water partition coefficient (Wildman–Crippen LogP) is 11.1. The van der Waals surface area contributed by atoms with Crippen molar-refractivity contribution in [3.05, 3.63) is 0 Å². The number of phosphoric ester groups is 1. The number of esters is 2. The second kappa shape index (κ2) is 37.4. The lowest BCUT2D eigenvalue weighted by atomic mass is 10.0. The van der Waals surface area contributed by atoms with Gasteiger partial charge in [0, 0.05) is 12.8 Å².